The molecule has 1 saturated carbocycles. The summed E-state index contributed by atoms with van der Waals surface area (Å²) in [5, 5.41) is 29.5. The highest BCUT2D eigenvalue weighted by Crippen LogP contribution is 2.39. The molecule has 3 aromatic rings. The summed E-state index contributed by atoms with van der Waals surface area (Å²) in [5.74, 6) is 0.495. The molecule has 4 N–H and O–H groups in total. The number of nitrogens with one attached hydrogen (secondary N) is 2. The zero-order valence-electron chi connectivity index (χ0n) is 14.3. The molecule has 1 aromatic carbocycles. The lowest BCUT2D eigenvalue weighted by Gasteiger charge is -2.13. The van der Waals surface area contributed by atoms with Crippen LogP contribution in [-0.4, -0.2) is 30.9 Å². The van der Waals surface area contributed by atoms with E-state index >= 15 is 0 Å². The number of aromatic amines is 1. The van der Waals surface area contributed by atoms with E-state index in [2.05, 4.69) is 15.5 Å². The van der Waals surface area contributed by atoms with Crippen LogP contribution >= 0.6 is 0 Å². The van der Waals surface area contributed by atoms with Crippen molar-refractivity contribution in [3.8, 4) is 17.4 Å². The van der Waals surface area contributed by atoms with E-state index in [1.807, 2.05) is 13.0 Å². The van der Waals surface area contributed by atoms with Crippen molar-refractivity contribution in [1.29, 1.82) is 0 Å². The summed E-state index contributed by atoms with van der Waals surface area (Å²) >= 11 is 0. The minimum Gasteiger partial charge on any atom is -0.494 e. The van der Waals surface area contributed by atoms with E-state index in [0.29, 0.717) is 17.4 Å². The Hall–Kier alpha value is -3.22. The van der Waals surface area contributed by atoms with Gasteiger partial charge in [-0.2, -0.15) is 5.10 Å². The molecule has 2 heterocycles. The number of nitrogens with zero attached hydrogens (tertiary/aromatic N) is 2. The summed E-state index contributed by atoms with van der Waals surface area (Å²) in [4.78, 5) is 12.5. The van der Waals surface area contributed by atoms with Crippen LogP contribution in [0.1, 0.15) is 42.9 Å². The number of aromatic hydroxyl groups is 2. The van der Waals surface area contributed by atoms with Crippen LogP contribution in [0.4, 0.5) is 5.82 Å². The molecule has 0 aliphatic heterocycles. The molecule has 0 spiro atoms. The second-order valence-electron chi connectivity index (χ2n) is 6.67. The molecule has 7 nitrogen and oxygen atoms in total. The van der Waals surface area contributed by atoms with Crippen LogP contribution in [0, 0.1) is 0 Å². The Balaban J connectivity index is 1.46. The molecular weight excluding hydrogens is 332 g/mol. The summed E-state index contributed by atoms with van der Waals surface area (Å²) in [6.07, 6.45) is 2.34. The van der Waals surface area contributed by atoms with Crippen molar-refractivity contribution in [3.63, 3.8) is 0 Å². The summed E-state index contributed by atoms with van der Waals surface area (Å²) in [5.41, 5.74) is 2.52. The largest absolute Gasteiger partial charge is 0.494 e. The predicted molar refractivity (Wildman–Crippen MR) is 96.7 cm³/mol. The lowest BCUT2D eigenvalue weighted by Crippen LogP contribution is -2.19. The Labute approximate surface area is 150 Å². The second-order valence-corrected chi connectivity index (χ2v) is 6.67. The van der Waals surface area contributed by atoms with E-state index in [1.54, 1.807) is 24.3 Å². The van der Waals surface area contributed by atoms with Crippen LogP contribution in [0.2, 0.25) is 0 Å². The highest BCUT2D eigenvalue weighted by Gasteiger charge is 2.26. The molecule has 1 atom stereocenters. The van der Waals surface area contributed by atoms with Crippen LogP contribution in [0.25, 0.3) is 5.69 Å². The fourth-order valence-corrected chi connectivity index (χ4v) is 2.98. The molecule has 26 heavy (non-hydrogen) atoms. The van der Waals surface area contributed by atoms with E-state index in [0.717, 1.165) is 11.3 Å². The van der Waals surface area contributed by atoms with E-state index in [-0.39, 0.29) is 23.6 Å². The van der Waals surface area contributed by atoms with Crippen molar-refractivity contribution < 1.29 is 15.0 Å². The maximum absolute atomic E-state index is 12.5. The summed E-state index contributed by atoms with van der Waals surface area (Å²) in [7, 11) is 0. The van der Waals surface area contributed by atoms with Gasteiger partial charge >= 0.3 is 0 Å². The number of hydrogen-bond donors (Lipinski definition) is 4. The first-order valence-corrected chi connectivity index (χ1v) is 8.59. The van der Waals surface area contributed by atoms with E-state index in [9.17, 15) is 15.0 Å². The highest BCUT2D eigenvalue weighted by atomic mass is 16.3. The maximum atomic E-state index is 12.5. The molecule has 0 radical (unpaired) electrons. The van der Waals surface area contributed by atoms with Crippen molar-refractivity contribution in [2.45, 2.75) is 31.6 Å². The Morgan fingerprint density at radius 1 is 1.19 bits per heavy atom. The van der Waals surface area contributed by atoms with Crippen molar-refractivity contribution in [3.05, 3.63) is 53.7 Å². The standard InChI is InChI=1S/C19H20N4O3/c1-11(19(26)20-16-10-15(21-22-16)13-2-3-13)12-4-6-14(7-5-12)23-17(24)8-9-18(23)25/h4-11,13,24-25H,2-3H2,1H3,(H2,20,21,22,26). The van der Waals surface area contributed by atoms with Gasteiger partial charge in [-0.25, -0.2) is 0 Å². The molecule has 2 aromatic heterocycles. The van der Waals surface area contributed by atoms with Crippen LogP contribution in [0.5, 0.6) is 11.8 Å². The van der Waals surface area contributed by atoms with E-state index in [1.165, 1.54) is 29.5 Å². The molecule has 1 aliphatic rings. The number of carbonyl (C=O) groups excluding carboxylic acids is 1. The lowest BCUT2D eigenvalue weighted by atomic mass is 10.00. The topological polar surface area (TPSA) is 103 Å². The highest BCUT2D eigenvalue weighted by molar-refractivity contribution is 5.94. The van der Waals surface area contributed by atoms with Gasteiger partial charge in [-0.15, -0.1) is 0 Å². The monoisotopic (exact) mass is 352 g/mol. The molecular formula is C19H20N4O3. The fourth-order valence-electron chi connectivity index (χ4n) is 2.98. The number of rotatable bonds is 5. The predicted octanol–water partition coefficient (Wildman–Crippen LogP) is 3.23. The number of anilines is 1. The molecule has 4 rings (SSSR count). The number of aromatic nitrogens is 3. The van der Waals surface area contributed by atoms with Gasteiger partial charge in [-0.05, 0) is 37.5 Å². The number of hydrogen-bond acceptors (Lipinski definition) is 4. The number of benzene rings is 1. The van der Waals surface area contributed by atoms with Gasteiger partial charge < -0.3 is 15.5 Å². The van der Waals surface area contributed by atoms with Crippen molar-refractivity contribution in [2.75, 3.05) is 5.32 Å². The van der Waals surface area contributed by atoms with Gasteiger partial charge in [-0.3, -0.25) is 14.5 Å². The average Bonchev–Trinajstić information content (AvgIpc) is 3.30. The third-order valence-electron chi connectivity index (χ3n) is 4.75. The van der Waals surface area contributed by atoms with Gasteiger partial charge in [0.2, 0.25) is 5.91 Å². The second kappa shape index (κ2) is 6.25. The van der Waals surface area contributed by atoms with Gasteiger partial charge in [0.15, 0.2) is 17.6 Å². The number of H-pyrrole nitrogens is 1. The Bertz CT molecular complexity index is 919. The molecule has 7 heteroatoms. The summed E-state index contributed by atoms with van der Waals surface area (Å²) in [6.45, 7) is 1.82. The van der Waals surface area contributed by atoms with Crippen LogP contribution in [-0.2, 0) is 4.79 Å². The first-order chi connectivity index (χ1) is 12.5. The molecule has 1 aliphatic carbocycles. The fraction of sp³-hybridized carbons (Fsp3) is 0.263. The van der Waals surface area contributed by atoms with Crippen LogP contribution in [0.3, 0.4) is 0 Å². The quantitative estimate of drug-likeness (QED) is 0.566. The molecule has 0 saturated heterocycles. The van der Waals surface area contributed by atoms with Gasteiger partial charge in [-0.1, -0.05) is 12.1 Å². The zero-order chi connectivity index (χ0) is 18.3. The minimum atomic E-state index is -0.364. The smallest absolute Gasteiger partial charge is 0.232 e. The molecule has 1 unspecified atom stereocenters. The van der Waals surface area contributed by atoms with Gasteiger partial charge in [0.05, 0.1) is 11.6 Å². The van der Waals surface area contributed by atoms with E-state index in [4.69, 9.17) is 0 Å². The third-order valence-corrected chi connectivity index (χ3v) is 4.75. The first kappa shape index (κ1) is 16.3. The Morgan fingerprint density at radius 2 is 1.85 bits per heavy atom. The summed E-state index contributed by atoms with van der Waals surface area (Å²) < 4.78 is 1.32. The Morgan fingerprint density at radius 3 is 2.46 bits per heavy atom. The summed E-state index contributed by atoms with van der Waals surface area (Å²) in [6, 6.07) is 11.8. The zero-order valence-corrected chi connectivity index (χ0v) is 14.3. The van der Waals surface area contributed by atoms with Crippen molar-refractivity contribution in [1.82, 2.24) is 14.8 Å². The van der Waals surface area contributed by atoms with Gasteiger partial charge in [0, 0.05) is 29.8 Å². The van der Waals surface area contributed by atoms with Crippen molar-refractivity contribution >= 4 is 11.7 Å². The van der Waals surface area contributed by atoms with Crippen LogP contribution < -0.4 is 5.32 Å². The normalized spacial score (nSPS) is 15.0. The SMILES string of the molecule is CC(C(=O)Nc1cc(C2CC2)[nH]n1)c1ccc(-n2c(O)ccc2O)cc1. The average molecular weight is 352 g/mol. The van der Waals surface area contributed by atoms with Gasteiger partial charge in [0.1, 0.15) is 0 Å². The maximum Gasteiger partial charge on any atom is 0.232 e. The van der Waals surface area contributed by atoms with Crippen LogP contribution in [0.15, 0.2) is 42.5 Å². The van der Waals surface area contributed by atoms with Crippen molar-refractivity contribution in [2.24, 2.45) is 0 Å². The van der Waals surface area contributed by atoms with Gasteiger partial charge in [0.25, 0.3) is 0 Å². The number of carbonyl (C=O) groups is 1. The molecule has 1 amide bonds. The number of amides is 1. The Kier molecular flexibility index (Phi) is 3.91. The first-order valence-electron chi connectivity index (χ1n) is 8.59. The minimum absolute atomic E-state index is 0.0500. The molecule has 1 fully saturated rings. The molecule has 134 valence electrons. The van der Waals surface area contributed by atoms with E-state index < -0.39 is 0 Å². The molecule has 0 bridgehead atoms. The third kappa shape index (κ3) is 3.03. The lowest BCUT2D eigenvalue weighted by molar-refractivity contribution is -0.117.